The molecule has 0 bridgehead atoms. The van der Waals surface area contributed by atoms with Gasteiger partial charge in [-0.15, -0.1) is 0 Å². The molecule has 1 aliphatic rings. The Kier molecular flexibility index (Phi) is 4.83. The van der Waals surface area contributed by atoms with Crippen molar-refractivity contribution in [3.63, 3.8) is 0 Å². The predicted molar refractivity (Wildman–Crippen MR) is 128 cm³/mol. The first-order valence-electron chi connectivity index (χ1n) is 10.2. The van der Waals surface area contributed by atoms with E-state index in [9.17, 15) is 9.59 Å². The first kappa shape index (κ1) is 20.1. The van der Waals surface area contributed by atoms with E-state index in [0.717, 1.165) is 32.9 Å². The summed E-state index contributed by atoms with van der Waals surface area (Å²) in [6.45, 7) is 4.03. The average Bonchev–Trinajstić information content (AvgIpc) is 3.22. The summed E-state index contributed by atoms with van der Waals surface area (Å²) in [6, 6.07) is 22.7. The van der Waals surface area contributed by atoms with Crippen LogP contribution in [-0.4, -0.2) is 16.5 Å². The molecule has 0 saturated carbocycles. The minimum atomic E-state index is -0.480. The van der Waals surface area contributed by atoms with Crippen molar-refractivity contribution in [2.75, 3.05) is 4.90 Å². The lowest BCUT2D eigenvalue weighted by Gasteiger charge is -2.11. The molecule has 0 unspecified atom stereocenters. The molecular formula is C26H20ClN3O2. The number of rotatable bonds is 3. The van der Waals surface area contributed by atoms with E-state index < -0.39 is 11.9 Å². The predicted octanol–water partition coefficient (Wildman–Crippen LogP) is 6.00. The van der Waals surface area contributed by atoms with E-state index >= 15 is 0 Å². The topological polar surface area (TPSA) is 54.3 Å². The maximum Gasteiger partial charge on any atom is 0.333 e. The van der Waals surface area contributed by atoms with Gasteiger partial charge in [-0.05, 0) is 78.7 Å². The number of anilines is 1. The van der Waals surface area contributed by atoms with E-state index in [-0.39, 0.29) is 5.70 Å². The minimum absolute atomic E-state index is 0.240. The lowest BCUT2D eigenvalue weighted by atomic mass is 10.1. The van der Waals surface area contributed by atoms with Crippen LogP contribution in [0.15, 0.2) is 78.5 Å². The summed E-state index contributed by atoms with van der Waals surface area (Å²) in [5.41, 5.74) is 4.66. The number of hydrogen-bond acceptors (Lipinski definition) is 2. The Morgan fingerprint density at radius 1 is 0.844 bits per heavy atom. The molecule has 1 saturated heterocycles. The summed E-state index contributed by atoms with van der Waals surface area (Å²) in [5, 5.41) is 5.58. The Morgan fingerprint density at radius 2 is 1.53 bits per heavy atom. The molecular weight excluding hydrogens is 422 g/mol. The summed E-state index contributed by atoms with van der Waals surface area (Å²) in [5.74, 6) is -0.396. The van der Waals surface area contributed by atoms with Crippen LogP contribution >= 0.6 is 11.6 Å². The first-order valence-corrected chi connectivity index (χ1v) is 10.6. The normalized spacial score (nSPS) is 15.1. The van der Waals surface area contributed by atoms with Crippen LogP contribution in [0.1, 0.15) is 17.0 Å². The van der Waals surface area contributed by atoms with Gasteiger partial charge in [0.05, 0.1) is 5.69 Å². The number of urea groups is 1. The van der Waals surface area contributed by atoms with Gasteiger partial charge in [0.2, 0.25) is 0 Å². The van der Waals surface area contributed by atoms with E-state index in [1.165, 1.54) is 5.39 Å². The quantitative estimate of drug-likeness (QED) is 0.313. The zero-order valence-corrected chi connectivity index (χ0v) is 18.4. The van der Waals surface area contributed by atoms with Crippen LogP contribution in [0.3, 0.4) is 0 Å². The number of benzene rings is 3. The van der Waals surface area contributed by atoms with Crippen molar-refractivity contribution in [3.05, 3.63) is 100 Å². The molecule has 32 heavy (non-hydrogen) atoms. The Balaban J connectivity index is 1.51. The van der Waals surface area contributed by atoms with E-state index in [0.29, 0.717) is 10.7 Å². The molecule has 0 atom stereocenters. The molecule has 6 heteroatoms. The number of aromatic nitrogens is 1. The lowest BCUT2D eigenvalue weighted by Crippen LogP contribution is -2.30. The number of fused-ring (bicyclic) bond motifs is 1. The SMILES string of the molecule is Cc1cc(/C=C2/NC(=O)N(c3ccc(Cl)cc3)C2=O)c(C)n1-c1ccc2ccccc2c1. The molecule has 1 aromatic heterocycles. The summed E-state index contributed by atoms with van der Waals surface area (Å²) >= 11 is 5.93. The molecule has 1 N–H and O–H groups in total. The molecule has 0 aliphatic carbocycles. The lowest BCUT2D eigenvalue weighted by molar-refractivity contribution is -0.113. The number of hydrogen-bond donors (Lipinski definition) is 1. The second-order valence-corrected chi connectivity index (χ2v) is 8.23. The van der Waals surface area contributed by atoms with Crippen LogP contribution in [0.25, 0.3) is 22.5 Å². The van der Waals surface area contributed by atoms with Crippen molar-refractivity contribution < 1.29 is 9.59 Å². The third kappa shape index (κ3) is 3.37. The molecule has 2 heterocycles. The summed E-state index contributed by atoms with van der Waals surface area (Å²) < 4.78 is 2.15. The smallest absolute Gasteiger partial charge is 0.318 e. The number of aryl methyl sites for hydroxylation is 1. The summed E-state index contributed by atoms with van der Waals surface area (Å²) in [6.07, 6.45) is 1.73. The molecule has 1 aliphatic heterocycles. The van der Waals surface area contributed by atoms with Gasteiger partial charge >= 0.3 is 6.03 Å². The van der Waals surface area contributed by atoms with E-state index in [4.69, 9.17) is 11.6 Å². The van der Waals surface area contributed by atoms with E-state index in [2.05, 4.69) is 40.2 Å². The van der Waals surface area contributed by atoms with Crippen molar-refractivity contribution in [2.24, 2.45) is 0 Å². The molecule has 0 spiro atoms. The summed E-state index contributed by atoms with van der Waals surface area (Å²) in [4.78, 5) is 26.6. The highest BCUT2D eigenvalue weighted by atomic mass is 35.5. The molecule has 3 aromatic carbocycles. The first-order chi connectivity index (χ1) is 15.4. The van der Waals surface area contributed by atoms with Gasteiger partial charge in [0.15, 0.2) is 0 Å². The van der Waals surface area contributed by atoms with Crippen LogP contribution < -0.4 is 10.2 Å². The number of imide groups is 1. The maximum absolute atomic E-state index is 13.0. The van der Waals surface area contributed by atoms with Crippen molar-refractivity contribution >= 4 is 46.1 Å². The van der Waals surface area contributed by atoms with Gasteiger partial charge in [-0.25, -0.2) is 9.69 Å². The highest BCUT2D eigenvalue weighted by molar-refractivity contribution is 6.31. The van der Waals surface area contributed by atoms with E-state index in [1.807, 2.05) is 32.0 Å². The van der Waals surface area contributed by atoms with Gasteiger partial charge in [0.25, 0.3) is 5.91 Å². The molecule has 158 valence electrons. The van der Waals surface area contributed by atoms with Gasteiger partial charge in [0.1, 0.15) is 5.70 Å². The Bertz CT molecular complexity index is 1420. The average molecular weight is 442 g/mol. The van der Waals surface area contributed by atoms with Crippen LogP contribution in [0.4, 0.5) is 10.5 Å². The van der Waals surface area contributed by atoms with Crippen LogP contribution in [0, 0.1) is 13.8 Å². The van der Waals surface area contributed by atoms with Crippen molar-refractivity contribution in [1.29, 1.82) is 0 Å². The highest BCUT2D eigenvalue weighted by Crippen LogP contribution is 2.28. The fourth-order valence-corrected chi connectivity index (χ4v) is 4.29. The van der Waals surface area contributed by atoms with Gasteiger partial charge in [-0.1, -0.05) is 41.9 Å². The monoisotopic (exact) mass is 441 g/mol. The number of nitrogens with zero attached hydrogens (tertiary/aromatic N) is 2. The highest BCUT2D eigenvalue weighted by Gasteiger charge is 2.35. The zero-order valence-electron chi connectivity index (χ0n) is 17.6. The van der Waals surface area contributed by atoms with Gasteiger partial charge in [-0.3, -0.25) is 4.79 Å². The summed E-state index contributed by atoms with van der Waals surface area (Å²) in [7, 11) is 0. The van der Waals surface area contributed by atoms with E-state index in [1.54, 1.807) is 30.3 Å². The van der Waals surface area contributed by atoms with Gasteiger partial charge in [-0.2, -0.15) is 0 Å². The Labute approximate surface area is 190 Å². The van der Waals surface area contributed by atoms with Gasteiger partial charge in [0, 0.05) is 22.1 Å². The Hall–Kier alpha value is -3.83. The zero-order chi connectivity index (χ0) is 22.4. The fourth-order valence-electron chi connectivity index (χ4n) is 4.16. The maximum atomic E-state index is 13.0. The van der Waals surface area contributed by atoms with Crippen molar-refractivity contribution in [3.8, 4) is 5.69 Å². The van der Waals surface area contributed by atoms with Crippen molar-refractivity contribution in [1.82, 2.24) is 9.88 Å². The number of nitrogens with one attached hydrogen (secondary N) is 1. The number of carbonyl (C=O) groups excluding carboxylic acids is 2. The molecule has 4 aromatic rings. The Morgan fingerprint density at radius 3 is 2.28 bits per heavy atom. The number of carbonyl (C=O) groups is 2. The number of amides is 3. The largest absolute Gasteiger partial charge is 0.333 e. The second-order valence-electron chi connectivity index (χ2n) is 7.80. The third-order valence-electron chi connectivity index (χ3n) is 5.72. The second kappa shape index (κ2) is 7.70. The third-order valence-corrected chi connectivity index (χ3v) is 5.98. The number of halogens is 1. The molecule has 0 radical (unpaired) electrons. The molecule has 5 nitrogen and oxygen atoms in total. The van der Waals surface area contributed by atoms with Crippen LogP contribution in [0.2, 0.25) is 5.02 Å². The van der Waals surface area contributed by atoms with Crippen molar-refractivity contribution in [2.45, 2.75) is 13.8 Å². The molecule has 3 amide bonds. The van der Waals surface area contributed by atoms with Crippen LogP contribution in [-0.2, 0) is 4.79 Å². The fraction of sp³-hybridized carbons (Fsp3) is 0.0769. The minimum Gasteiger partial charge on any atom is -0.318 e. The molecule has 5 rings (SSSR count). The van der Waals surface area contributed by atoms with Gasteiger partial charge < -0.3 is 9.88 Å². The van der Waals surface area contributed by atoms with Crippen LogP contribution in [0.5, 0.6) is 0 Å². The standard InChI is InChI=1S/C26H20ClN3O2/c1-16-13-20(17(2)29(16)23-10-7-18-5-3-4-6-19(18)14-23)15-24-25(31)30(26(32)28-24)22-11-8-21(27)9-12-22/h3-15H,1-2H3,(H,28,32)/b24-15+. The molecule has 1 fully saturated rings.